The first-order chi connectivity index (χ1) is 5.74. The van der Waals surface area contributed by atoms with Gasteiger partial charge in [0, 0.05) is 12.8 Å². The number of carbonyl (C=O) groups excluding carboxylic acids is 1. The molecule has 0 N–H and O–H groups in total. The fourth-order valence-electron chi connectivity index (χ4n) is 0.773. The first-order valence-electron chi connectivity index (χ1n) is 3.46. The zero-order valence-corrected chi connectivity index (χ0v) is 8.74. The molecule has 0 unspecified atom stereocenters. The number of hydrogen-bond acceptors (Lipinski definition) is 2. The molecule has 62 valence electrons. The Morgan fingerprint density at radius 1 is 1.67 bits per heavy atom. The second-order valence-electron chi connectivity index (χ2n) is 2.23. The van der Waals surface area contributed by atoms with E-state index >= 15 is 0 Å². The lowest BCUT2D eigenvalue weighted by atomic mass is 10.2. The molecule has 12 heavy (non-hydrogen) atoms. The van der Waals surface area contributed by atoms with Gasteiger partial charge in [-0.25, -0.2) is 0 Å². The number of hydrogen-bond donors (Lipinski definition) is 0. The van der Waals surface area contributed by atoms with Crippen LogP contribution in [0.3, 0.4) is 0 Å². The molecule has 1 heterocycles. The van der Waals surface area contributed by atoms with Crippen LogP contribution in [-0.4, -0.2) is 5.78 Å². The fourth-order valence-corrected chi connectivity index (χ4v) is 2.13. The van der Waals surface area contributed by atoms with Crippen molar-refractivity contribution in [2.45, 2.75) is 12.8 Å². The smallest absolute Gasteiger partial charge is 0.173 e. The lowest BCUT2D eigenvalue weighted by Gasteiger charge is -1.90. The van der Waals surface area contributed by atoms with Gasteiger partial charge in [-0.1, -0.05) is 0 Å². The number of thiophene rings is 1. The zero-order valence-electron chi connectivity index (χ0n) is 6.34. The molecule has 1 aromatic heterocycles. The highest BCUT2D eigenvalue weighted by atomic mass is 79.9. The molecule has 0 atom stereocenters. The summed E-state index contributed by atoms with van der Waals surface area (Å²) in [6, 6.07) is 3.68. The molecule has 0 fully saturated rings. The SMILES string of the molecule is C#CCCC(=O)c1ccc(Br)s1. The summed E-state index contributed by atoms with van der Waals surface area (Å²) in [6.07, 6.45) is 6.02. The number of terminal acetylenes is 1. The summed E-state index contributed by atoms with van der Waals surface area (Å²) < 4.78 is 0.978. The number of halogens is 1. The van der Waals surface area contributed by atoms with Crippen molar-refractivity contribution in [1.82, 2.24) is 0 Å². The molecule has 0 bridgehead atoms. The van der Waals surface area contributed by atoms with Crippen molar-refractivity contribution in [1.29, 1.82) is 0 Å². The van der Waals surface area contributed by atoms with Gasteiger partial charge in [0.15, 0.2) is 5.78 Å². The zero-order chi connectivity index (χ0) is 8.97. The molecular weight excluding hydrogens is 236 g/mol. The molecule has 1 rings (SSSR count). The maximum Gasteiger partial charge on any atom is 0.173 e. The first-order valence-corrected chi connectivity index (χ1v) is 5.07. The Morgan fingerprint density at radius 2 is 2.42 bits per heavy atom. The van der Waals surface area contributed by atoms with Crippen LogP contribution in [0, 0.1) is 12.3 Å². The molecule has 1 nitrogen and oxygen atoms in total. The summed E-state index contributed by atoms with van der Waals surface area (Å²) in [4.78, 5) is 12.1. The summed E-state index contributed by atoms with van der Waals surface area (Å²) in [5.41, 5.74) is 0. The van der Waals surface area contributed by atoms with E-state index in [1.807, 2.05) is 12.1 Å². The monoisotopic (exact) mass is 242 g/mol. The van der Waals surface area contributed by atoms with E-state index in [0.29, 0.717) is 12.8 Å². The number of rotatable bonds is 3. The Bertz CT molecular complexity index is 322. The quantitative estimate of drug-likeness (QED) is 0.588. The van der Waals surface area contributed by atoms with Crippen LogP contribution >= 0.6 is 27.3 Å². The predicted molar refractivity (Wildman–Crippen MR) is 54.4 cm³/mol. The molecule has 0 amide bonds. The maximum atomic E-state index is 11.3. The Labute approximate surface area is 83.9 Å². The second kappa shape index (κ2) is 4.44. The van der Waals surface area contributed by atoms with Gasteiger partial charge in [-0.2, -0.15) is 0 Å². The molecule has 1 aromatic rings. The van der Waals surface area contributed by atoms with Crippen LogP contribution in [0.2, 0.25) is 0 Å². The Hall–Kier alpha value is -0.590. The van der Waals surface area contributed by atoms with E-state index in [1.54, 1.807) is 0 Å². The molecule has 0 aliphatic carbocycles. The highest BCUT2D eigenvalue weighted by molar-refractivity contribution is 9.11. The van der Waals surface area contributed by atoms with Gasteiger partial charge in [0.2, 0.25) is 0 Å². The van der Waals surface area contributed by atoms with Crippen LogP contribution in [0.4, 0.5) is 0 Å². The average molecular weight is 243 g/mol. The third-order valence-electron chi connectivity index (χ3n) is 1.34. The molecule has 0 radical (unpaired) electrons. The predicted octanol–water partition coefficient (Wildman–Crippen LogP) is 3.11. The van der Waals surface area contributed by atoms with E-state index < -0.39 is 0 Å². The molecule has 3 heteroatoms. The Kier molecular flexibility index (Phi) is 3.51. The largest absolute Gasteiger partial charge is 0.293 e. The van der Waals surface area contributed by atoms with Crippen molar-refractivity contribution in [3.8, 4) is 12.3 Å². The van der Waals surface area contributed by atoms with Gasteiger partial charge in [-0.15, -0.1) is 23.7 Å². The lowest BCUT2D eigenvalue weighted by Crippen LogP contribution is -1.93. The van der Waals surface area contributed by atoms with Crippen molar-refractivity contribution < 1.29 is 4.79 Å². The minimum absolute atomic E-state index is 0.128. The maximum absolute atomic E-state index is 11.3. The number of Topliss-reactive ketones (excluding diaryl/α,β-unsaturated/α-hetero) is 1. The van der Waals surface area contributed by atoms with Crippen LogP contribution < -0.4 is 0 Å². The van der Waals surface area contributed by atoms with E-state index in [9.17, 15) is 4.79 Å². The van der Waals surface area contributed by atoms with Gasteiger partial charge in [0.1, 0.15) is 0 Å². The van der Waals surface area contributed by atoms with Gasteiger partial charge < -0.3 is 0 Å². The van der Waals surface area contributed by atoms with Crippen molar-refractivity contribution in [2.75, 3.05) is 0 Å². The fraction of sp³-hybridized carbons (Fsp3) is 0.222. The van der Waals surface area contributed by atoms with Crippen LogP contribution in [0.1, 0.15) is 22.5 Å². The average Bonchev–Trinajstić information content (AvgIpc) is 2.47. The van der Waals surface area contributed by atoms with Gasteiger partial charge in [0.25, 0.3) is 0 Å². The van der Waals surface area contributed by atoms with Crippen LogP contribution in [-0.2, 0) is 0 Å². The van der Waals surface area contributed by atoms with E-state index in [-0.39, 0.29) is 5.78 Å². The van der Waals surface area contributed by atoms with Gasteiger partial charge >= 0.3 is 0 Å². The third kappa shape index (κ3) is 2.47. The normalized spacial score (nSPS) is 9.33. The van der Waals surface area contributed by atoms with E-state index in [1.165, 1.54) is 11.3 Å². The summed E-state index contributed by atoms with van der Waals surface area (Å²) >= 11 is 4.74. The van der Waals surface area contributed by atoms with Crippen LogP contribution in [0.5, 0.6) is 0 Å². The van der Waals surface area contributed by atoms with Crippen molar-refractivity contribution in [2.24, 2.45) is 0 Å². The first kappa shape index (κ1) is 9.50. The van der Waals surface area contributed by atoms with E-state index in [0.717, 1.165) is 8.66 Å². The standard InChI is InChI=1S/C9H7BrOS/c1-2-3-4-7(11)8-5-6-9(10)12-8/h1,5-6H,3-4H2. The minimum Gasteiger partial charge on any atom is -0.293 e. The van der Waals surface area contributed by atoms with Crippen molar-refractivity contribution >= 4 is 33.0 Å². The second-order valence-corrected chi connectivity index (χ2v) is 4.69. The molecule has 0 saturated carbocycles. The van der Waals surface area contributed by atoms with Crippen molar-refractivity contribution in [3.05, 3.63) is 20.8 Å². The Balaban J connectivity index is 2.61. The van der Waals surface area contributed by atoms with Gasteiger partial charge in [-0.3, -0.25) is 4.79 Å². The third-order valence-corrected chi connectivity index (χ3v) is 3.01. The molecule has 0 saturated heterocycles. The summed E-state index contributed by atoms with van der Waals surface area (Å²) in [5, 5.41) is 0. The van der Waals surface area contributed by atoms with Crippen LogP contribution in [0.25, 0.3) is 0 Å². The highest BCUT2D eigenvalue weighted by Gasteiger charge is 2.06. The van der Waals surface area contributed by atoms with E-state index in [2.05, 4.69) is 21.9 Å². The molecule has 0 spiro atoms. The minimum atomic E-state index is 0.128. The number of carbonyl (C=O) groups is 1. The molecule has 0 aliphatic rings. The van der Waals surface area contributed by atoms with Crippen molar-refractivity contribution in [3.63, 3.8) is 0 Å². The van der Waals surface area contributed by atoms with Gasteiger partial charge in [-0.05, 0) is 28.1 Å². The lowest BCUT2D eigenvalue weighted by molar-refractivity contribution is 0.0988. The Morgan fingerprint density at radius 3 is 2.92 bits per heavy atom. The molecule has 0 aliphatic heterocycles. The van der Waals surface area contributed by atoms with Gasteiger partial charge in [0.05, 0.1) is 8.66 Å². The summed E-state index contributed by atoms with van der Waals surface area (Å²) in [6.45, 7) is 0. The molecular formula is C9H7BrOS. The molecule has 0 aromatic carbocycles. The number of ketones is 1. The topological polar surface area (TPSA) is 17.1 Å². The summed E-state index contributed by atoms with van der Waals surface area (Å²) in [5.74, 6) is 2.58. The summed E-state index contributed by atoms with van der Waals surface area (Å²) in [7, 11) is 0. The van der Waals surface area contributed by atoms with E-state index in [4.69, 9.17) is 6.42 Å². The van der Waals surface area contributed by atoms with Crippen LogP contribution in [0.15, 0.2) is 15.9 Å². The highest BCUT2D eigenvalue weighted by Crippen LogP contribution is 2.23.